The van der Waals surface area contributed by atoms with Crippen LogP contribution in [-0.4, -0.2) is 13.1 Å². The standard InChI is InChI=1S/C9H10N2O2/c1-4-7(5-9(12)13-3)8(6-10)11-2/h4-5H2,1,3H3/b8-7-. The first-order chi connectivity index (χ1) is 6.19. The highest BCUT2D eigenvalue weighted by atomic mass is 16.5. The number of carbonyl (C=O) groups is 1. The van der Waals surface area contributed by atoms with Crippen LogP contribution in [0.25, 0.3) is 4.85 Å². The number of carbonyl (C=O) groups excluding carboxylic acids is 1. The number of hydrogen-bond donors (Lipinski definition) is 0. The van der Waals surface area contributed by atoms with Crippen molar-refractivity contribution in [2.45, 2.75) is 19.8 Å². The van der Waals surface area contributed by atoms with E-state index in [0.29, 0.717) is 12.0 Å². The molecule has 0 radical (unpaired) electrons. The lowest BCUT2D eigenvalue weighted by Crippen LogP contribution is -2.02. The average molecular weight is 178 g/mol. The minimum Gasteiger partial charge on any atom is -0.469 e. The second-order valence-electron chi connectivity index (χ2n) is 2.28. The summed E-state index contributed by atoms with van der Waals surface area (Å²) in [4.78, 5) is 13.9. The van der Waals surface area contributed by atoms with Crippen molar-refractivity contribution in [3.8, 4) is 6.07 Å². The molecule has 0 aromatic carbocycles. The van der Waals surface area contributed by atoms with Crippen molar-refractivity contribution in [3.63, 3.8) is 0 Å². The van der Waals surface area contributed by atoms with Crippen LogP contribution in [0.5, 0.6) is 0 Å². The maximum atomic E-state index is 10.8. The van der Waals surface area contributed by atoms with Crippen LogP contribution >= 0.6 is 0 Å². The number of esters is 1. The molecule has 4 heteroatoms. The third-order valence-corrected chi connectivity index (χ3v) is 1.56. The van der Waals surface area contributed by atoms with E-state index < -0.39 is 5.97 Å². The quantitative estimate of drug-likeness (QED) is 0.375. The Balaban J connectivity index is 4.72. The van der Waals surface area contributed by atoms with Crippen LogP contribution < -0.4 is 0 Å². The molecule has 0 aliphatic heterocycles. The van der Waals surface area contributed by atoms with Crippen LogP contribution in [0.3, 0.4) is 0 Å². The Morgan fingerprint density at radius 3 is 2.62 bits per heavy atom. The highest BCUT2D eigenvalue weighted by molar-refractivity contribution is 5.73. The Kier molecular flexibility index (Phi) is 4.99. The largest absolute Gasteiger partial charge is 0.469 e. The zero-order valence-electron chi connectivity index (χ0n) is 7.63. The van der Waals surface area contributed by atoms with Crippen molar-refractivity contribution in [2.24, 2.45) is 0 Å². The lowest BCUT2D eigenvalue weighted by molar-refractivity contribution is -0.139. The fourth-order valence-corrected chi connectivity index (χ4v) is 0.806. The highest BCUT2D eigenvalue weighted by Crippen LogP contribution is 2.14. The van der Waals surface area contributed by atoms with E-state index in [2.05, 4.69) is 9.58 Å². The monoisotopic (exact) mass is 178 g/mol. The van der Waals surface area contributed by atoms with Gasteiger partial charge >= 0.3 is 5.97 Å². The van der Waals surface area contributed by atoms with E-state index in [1.54, 1.807) is 13.0 Å². The Labute approximate surface area is 77.2 Å². The van der Waals surface area contributed by atoms with E-state index >= 15 is 0 Å². The highest BCUT2D eigenvalue weighted by Gasteiger charge is 2.09. The summed E-state index contributed by atoms with van der Waals surface area (Å²) in [5.41, 5.74) is 0.525. The van der Waals surface area contributed by atoms with E-state index in [0.717, 1.165) is 0 Å². The molecule has 0 bridgehead atoms. The summed E-state index contributed by atoms with van der Waals surface area (Å²) in [7, 11) is 1.28. The molecule has 0 aliphatic rings. The first-order valence-corrected chi connectivity index (χ1v) is 3.76. The summed E-state index contributed by atoms with van der Waals surface area (Å²) in [6.45, 7) is 8.48. The maximum absolute atomic E-state index is 10.8. The molecular weight excluding hydrogens is 168 g/mol. The molecule has 0 spiro atoms. The molecule has 0 saturated heterocycles. The fourth-order valence-electron chi connectivity index (χ4n) is 0.806. The maximum Gasteiger partial charge on any atom is 0.308 e. The zero-order chi connectivity index (χ0) is 10.3. The van der Waals surface area contributed by atoms with E-state index in [9.17, 15) is 4.79 Å². The van der Waals surface area contributed by atoms with E-state index in [1.807, 2.05) is 0 Å². The van der Waals surface area contributed by atoms with Crippen molar-refractivity contribution in [1.82, 2.24) is 0 Å². The zero-order valence-corrected chi connectivity index (χ0v) is 7.63. The minimum atomic E-state index is -0.423. The van der Waals surface area contributed by atoms with Gasteiger partial charge in [0.05, 0.1) is 26.2 Å². The summed E-state index contributed by atoms with van der Waals surface area (Å²) >= 11 is 0. The van der Waals surface area contributed by atoms with Gasteiger partial charge in [-0.05, 0) is 12.0 Å². The van der Waals surface area contributed by atoms with Gasteiger partial charge in [0.1, 0.15) is 0 Å². The summed E-state index contributed by atoms with van der Waals surface area (Å²) in [6, 6.07) is 1.75. The van der Waals surface area contributed by atoms with Crippen LogP contribution in [0.15, 0.2) is 11.3 Å². The molecule has 0 aromatic heterocycles. The smallest absolute Gasteiger partial charge is 0.308 e. The number of nitrogens with zero attached hydrogens (tertiary/aromatic N) is 2. The molecule has 0 aromatic rings. The molecule has 0 atom stereocenters. The van der Waals surface area contributed by atoms with Crippen LogP contribution in [-0.2, 0) is 9.53 Å². The summed E-state index contributed by atoms with van der Waals surface area (Å²) < 4.78 is 4.44. The van der Waals surface area contributed by atoms with Crippen LogP contribution in [0.4, 0.5) is 0 Å². The molecule has 0 heterocycles. The van der Waals surface area contributed by atoms with Gasteiger partial charge in [-0.1, -0.05) is 6.92 Å². The van der Waals surface area contributed by atoms with Crippen molar-refractivity contribution in [2.75, 3.05) is 7.11 Å². The van der Waals surface area contributed by atoms with E-state index in [1.165, 1.54) is 7.11 Å². The summed E-state index contributed by atoms with van der Waals surface area (Å²) in [5.74, 6) is -0.423. The van der Waals surface area contributed by atoms with Crippen molar-refractivity contribution in [3.05, 3.63) is 22.7 Å². The average Bonchev–Trinajstić information content (AvgIpc) is 2.17. The normalized spacial score (nSPS) is 10.8. The van der Waals surface area contributed by atoms with Gasteiger partial charge in [-0.2, -0.15) is 0 Å². The molecule has 4 nitrogen and oxygen atoms in total. The lowest BCUT2D eigenvalue weighted by Gasteiger charge is -2.02. The third-order valence-electron chi connectivity index (χ3n) is 1.56. The second-order valence-corrected chi connectivity index (χ2v) is 2.28. The molecule has 0 fully saturated rings. The molecule has 0 unspecified atom stereocenters. The van der Waals surface area contributed by atoms with Crippen LogP contribution in [0.2, 0.25) is 0 Å². The minimum absolute atomic E-state index is 0.00657. The SMILES string of the molecule is [C-]#[N+]/C(C#N)=C(/CC)CC(=O)OC. The predicted molar refractivity (Wildman–Crippen MR) is 46.2 cm³/mol. The molecular formula is C9H10N2O2. The molecule has 0 saturated carbocycles. The van der Waals surface area contributed by atoms with Gasteiger partial charge in [0.25, 0.3) is 5.70 Å². The number of hydrogen-bond acceptors (Lipinski definition) is 3. The number of methoxy groups -OCH3 is 1. The van der Waals surface area contributed by atoms with Gasteiger partial charge in [0, 0.05) is 0 Å². The van der Waals surface area contributed by atoms with Gasteiger partial charge in [0.2, 0.25) is 0 Å². The lowest BCUT2D eigenvalue weighted by atomic mass is 10.1. The van der Waals surface area contributed by atoms with E-state index in [4.69, 9.17) is 11.8 Å². The van der Waals surface area contributed by atoms with E-state index in [-0.39, 0.29) is 12.1 Å². The fraction of sp³-hybridized carbons (Fsp3) is 0.444. The number of ether oxygens (including phenoxy) is 1. The predicted octanol–water partition coefficient (Wildman–Crippen LogP) is 1.66. The molecule has 0 N–H and O–H groups in total. The first kappa shape index (κ1) is 11.2. The Bertz CT molecular complexity index is 289. The van der Waals surface area contributed by atoms with Crippen molar-refractivity contribution < 1.29 is 9.53 Å². The topological polar surface area (TPSA) is 54.5 Å². The molecule has 0 aliphatic carbocycles. The number of rotatable bonds is 3. The third kappa shape index (κ3) is 3.39. The molecule has 13 heavy (non-hydrogen) atoms. The van der Waals surface area contributed by atoms with Gasteiger partial charge in [-0.15, -0.1) is 0 Å². The Morgan fingerprint density at radius 2 is 2.31 bits per heavy atom. The van der Waals surface area contributed by atoms with Crippen molar-refractivity contribution >= 4 is 5.97 Å². The van der Waals surface area contributed by atoms with Crippen LogP contribution in [0.1, 0.15) is 19.8 Å². The van der Waals surface area contributed by atoms with Gasteiger partial charge in [-0.3, -0.25) is 4.79 Å². The van der Waals surface area contributed by atoms with Gasteiger partial charge < -0.3 is 4.74 Å². The molecule has 68 valence electrons. The van der Waals surface area contributed by atoms with Crippen LogP contribution in [0, 0.1) is 17.9 Å². The molecule has 0 amide bonds. The second kappa shape index (κ2) is 5.79. The Morgan fingerprint density at radius 1 is 1.69 bits per heavy atom. The number of nitriles is 1. The summed E-state index contributed by atoms with van der Waals surface area (Å²) in [6.07, 6.45) is 0.540. The first-order valence-electron chi connectivity index (χ1n) is 3.76. The number of allylic oxidation sites excluding steroid dienone is 1. The van der Waals surface area contributed by atoms with Gasteiger partial charge in [0.15, 0.2) is 0 Å². The molecule has 0 rings (SSSR count). The van der Waals surface area contributed by atoms with Gasteiger partial charge in [-0.25, -0.2) is 10.1 Å². The van der Waals surface area contributed by atoms with Crippen molar-refractivity contribution in [1.29, 1.82) is 5.26 Å². The summed E-state index contributed by atoms with van der Waals surface area (Å²) in [5, 5.41) is 8.54. The Hall–Kier alpha value is -1.81.